The van der Waals surface area contributed by atoms with E-state index in [4.69, 9.17) is 0 Å². The van der Waals surface area contributed by atoms with Gasteiger partial charge in [-0.1, -0.05) is 24.3 Å². The Morgan fingerprint density at radius 1 is 1.11 bits per heavy atom. The first-order chi connectivity index (χ1) is 12.9. The summed E-state index contributed by atoms with van der Waals surface area (Å²) in [6.07, 6.45) is 2.02. The lowest BCUT2D eigenvalue weighted by atomic mass is 10.1. The number of hydrogen-bond donors (Lipinski definition) is 0. The summed E-state index contributed by atoms with van der Waals surface area (Å²) in [6, 6.07) is 16.1. The molecule has 0 unspecified atom stereocenters. The monoisotopic (exact) mass is 379 g/mol. The van der Waals surface area contributed by atoms with Crippen LogP contribution in [0.4, 0.5) is 0 Å². The minimum absolute atomic E-state index is 0.0367. The number of nitrogens with zero attached hydrogens (tertiary/aromatic N) is 3. The van der Waals surface area contributed by atoms with Crippen molar-refractivity contribution in [2.45, 2.75) is 32.2 Å². The van der Waals surface area contributed by atoms with Crippen molar-refractivity contribution in [1.82, 2.24) is 14.7 Å². The molecule has 0 N–H and O–H groups in total. The second kappa shape index (κ2) is 8.01. The topological polar surface area (TPSA) is 38.1 Å². The average Bonchev–Trinajstić information content (AvgIpc) is 2.96. The van der Waals surface area contributed by atoms with Gasteiger partial charge >= 0.3 is 0 Å². The molecule has 0 bridgehead atoms. The molecule has 0 spiro atoms. The quantitative estimate of drug-likeness (QED) is 0.598. The van der Waals surface area contributed by atoms with Crippen molar-refractivity contribution in [2.24, 2.45) is 0 Å². The lowest BCUT2D eigenvalue weighted by molar-refractivity contribution is 0.0784. The van der Waals surface area contributed by atoms with Crippen LogP contribution in [0.3, 0.4) is 0 Å². The van der Waals surface area contributed by atoms with Gasteiger partial charge in [-0.3, -0.25) is 4.79 Å². The van der Waals surface area contributed by atoms with Gasteiger partial charge in [-0.15, -0.1) is 11.8 Å². The summed E-state index contributed by atoms with van der Waals surface area (Å²) in [5.74, 6) is 0.0367. The zero-order valence-electron chi connectivity index (χ0n) is 16.5. The Bertz CT molecular complexity index is 963. The summed E-state index contributed by atoms with van der Waals surface area (Å²) in [7, 11) is 1.85. The van der Waals surface area contributed by atoms with Crippen LogP contribution in [-0.4, -0.2) is 33.9 Å². The normalized spacial score (nSPS) is 10.9. The van der Waals surface area contributed by atoms with E-state index in [-0.39, 0.29) is 5.91 Å². The number of thioether (sulfide) groups is 1. The fourth-order valence-corrected chi connectivity index (χ4v) is 3.64. The van der Waals surface area contributed by atoms with E-state index in [2.05, 4.69) is 18.1 Å². The molecule has 4 nitrogen and oxygen atoms in total. The van der Waals surface area contributed by atoms with Crippen LogP contribution in [0.1, 0.15) is 32.9 Å². The van der Waals surface area contributed by atoms with Crippen molar-refractivity contribution < 1.29 is 4.79 Å². The van der Waals surface area contributed by atoms with Gasteiger partial charge in [0.25, 0.3) is 5.91 Å². The number of amides is 1. The fraction of sp³-hybridized carbons (Fsp3) is 0.273. The van der Waals surface area contributed by atoms with Gasteiger partial charge in [0.2, 0.25) is 0 Å². The van der Waals surface area contributed by atoms with E-state index in [9.17, 15) is 4.79 Å². The first-order valence-electron chi connectivity index (χ1n) is 8.93. The zero-order chi connectivity index (χ0) is 19.6. The summed E-state index contributed by atoms with van der Waals surface area (Å²) in [6.45, 7) is 6.57. The number of hydrogen-bond acceptors (Lipinski definition) is 3. The Labute approximate surface area is 165 Å². The van der Waals surface area contributed by atoms with E-state index in [0.717, 1.165) is 38.7 Å². The molecule has 0 fully saturated rings. The van der Waals surface area contributed by atoms with Gasteiger partial charge in [-0.25, -0.2) is 4.68 Å². The van der Waals surface area contributed by atoms with Crippen LogP contribution in [0.5, 0.6) is 0 Å². The number of aromatic nitrogens is 2. The second-order valence-electron chi connectivity index (χ2n) is 6.74. The second-order valence-corrected chi connectivity index (χ2v) is 7.62. The van der Waals surface area contributed by atoms with Crippen LogP contribution < -0.4 is 0 Å². The minimum atomic E-state index is 0.0367. The maximum absolute atomic E-state index is 13.0. The highest BCUT2D eigenvalue weighted by atomic mass is 32.2. The van der Waals surface area contributed by atoms with Gasteiger partial charge in [-0.05, 0) is 56.9 Å². The lowest BCUT2D eigenvalue weighted by Gasteiger charge is -2.19. The number of para-hydroxylation sites is 1. The molecule has 1 heterocycles. The standard InChI is InChI=1S/C22H25N3OS/c1-15-11-12-19(27-5)13-20(15)22(26)24(4)14-21-16(2)23-25(17(21)3)18-9-7-6-8-10-18/h6-13H,14H2,1-5H3. The van der Waals surface area contributed by atoms with Crippen LogP contribution >= 0.6 is 11.8 Å². The summed E-state index contributed by atoms with van der Waals surface area (Å²) in [5, 5.41) is 4.69. The van der Waals surface area contributed by atoms with Crippen LogP contribution in [0.15, 0.2) is 53.4 Å². The molecule has 0 atom stereocenters. The molecule has 0 saturated carbocycles. The molecule has 0 aliphatic carbocycles. The van der Waals surface area contributed by atoms with Crippen LogP contribution in [-0.2, 0) is 6.54 Å². The van der Waals surface area contributed by atoms with Crippen molar-refractivity contribution >= 4 is 17.7 Å². The summed E-state index contributed by atoms with van der Waals surface area (Å²) < 4.78 is 1.95. The lowest BCUT2D eigenvalue weighted by Crippen LogP contribution is -2.27. The molecular formula is C22H25N3OS. The number of rotatable bonds is 5. The van der Waals surface area contributed by atoms with Crippen molar-refractivity contribution in [2.75, 3.05) is 13.3 Å². The molecule has 3 rings (SSSR count). The smallest absolute Gasteiger partial charge is 0.254 e. The van der Waals surface area contributed by atoms with Gasteiger partial charge < -0.3 is 4.90 Å². The Morgan fingerprint density at radius 2 is 1.81 bits per heavy atom. The summed E-state index contributed by atoms with van der Waals surface area (Å²) >= 11 is 1.65. The Morgan fingerprint density at radius 3 is 2.48 bits per heavy atom. The van der Waals surface area contributed by atoms with E-state index in [1.165, 1.54) is 0 Å². The third kappa shape index (κ3) is 3.93. The van der Waals surface area contributed by atoms with Crippen LogP contribution in [0.25, 0.3) is 5.69 Å². The summed E-state index contributed by atoms with van der Waals surface area (Å²) in [5.41, 5.74) is 5.89. The minimum Gasteiger partial charge on any atom is -0.337 e. The molecule has 0 saturated heterocycles. The van der Waals surface area contributed by atoms with E-state index < -0.39 is 0 Å². The van der Waals surface area contributed by atoms with Crippen molar-refractivity contribution in [1.29, 1.82) is 0 Å². The third-order valence-electron chi connectivity index (χ3n) is 4.86. The maximum atomic E-state index is 13.0. The predicted molar refractivity (Wildman–Crippen MR) is 112 cm³/mol. The van der Waals surface area contributed by atoms with Gasteiger partial charge in [0, 0.05) is 35.3 Å². The highest BCUT2D eigenvalue weighted by Gasteiger charge is 2.19. The van der Waals surface area contributed by atoms with E-state index in [1.807, 2.05) is 74.3 Å². The highest BCUT2D eigenvalue weighted by molar-refractivity contribution is 7.98. The van der Waals surface area contributed by atoms with E-state index in [1.54, 1.807) is 16.7 Å². The van der Waals surface area contributed by atoms with E-state index in [0.29, 0.717) is 6.54 Å². The molecule has 5 heteroatoms. The Hall–Kier alpha value is -2.53. The molecule has 140 valence electrons. The first-order valence-corrected chi connectivity index (χ1v) is 10.2. The Balaban J connectivity index is 1.87. The highest BCUT2D eigenvalue weighted by Crippen LogP contribution is 2.23. The average molecular weight is 380 g/mol. The van der Waals surface area contributed by atoms with E-state index >= 15 is 0 Å². The van der Waals surface area contributed by atoms with Gasteiger partial charge in [0.05, 0.1) is 11.4 Å². The van der Waals surface area contributed by atoms with Gasteiger partial charge in [0.15, 0.2) is 0 Å². The van der Waals surface area contributed by atoms with Gasteiger partial charge in [-0.2, -0.15) is 5.10 Å². The molecule has 1 aromatic heterocycles. The molecule has 0 aliphatic heterocycles. The largest absolute Gasteiger partial charge is 0.337 e. The number of carbonyl (C=O) groups excluding carboxylic acids is 1. The number of carbonyl (C=O) groups is 1. The molecule has 0 aliphatic rings. The predicted octanol–water partition coefficient (Wildman–Crippen LogP) is 4.79. The summed E-state index contributed by atoms with van der Waals surface area (Å²) in [4.78, 5) is 15.9. The molecule has 27 heavy (non-hydrogen) atoms. The molecule has 1 amide bonds. The number of benzene rings is 2. The first kappa shape index (κ1) is 19.2. The molecule has 3 aromatic rings. The molecule has 0 radical (unpaired) electrons. The van der Waals surface area contributed by atoms with Crippen LogP contribution in [0, 0.1) is 20.8 Å². The number of aryl methyl sites for hydroxylation is 2. The van der Waals surface area contributed by atoms with Crippen molar-refractivity contribution in [3.63, 3.8) is 0 Å². The Kier molecular flexibility index (Phi) is 5.71. The van der Waals surface area contributed by atoms with Crippen molar-refractivity contribution in [3.8, 4) is 5.69 Å². The van der Waals surface area contributed by atoms with Crippen LogP contribution in [0.2, 0.25) is 0 Å². The fourth-order valence-electron chi connectivity index (χ4n) is 3.20. The maximum Gasteiger partial charge on any atom is 0.254 e. The molecular weight excluding hydrogens is 354 g/mol. The van der Waals surface area contributed by atoms with Gasteiger partial charge in [0.1, 0.15) is 0 Å². The van der Waals surface area contributed by atoms with Crippen molar-refractivity contribution in [3.05, 3.63) is 76.6 Å². The third-order valence-corrected chi connectivity index (χ3v) is 5.58. The zero-order valence-corrected chi connectivity index (χ0v) is 17.3. The SMILES string of the molecule is CSc1ccc(C)c(C(=O)N(C)Cc2c(C)nn(-c3ccccc3)c2C)c1. The molecule has 2 aromatic carbocycles.